The largest absolute Gasteiger partial charge is 0.375 e. The molecule has 1 N–H and O–H groups in total. The third kappa shape index (κ3) is 3.67. The van der Waals surface area contributed by atoms with E-state index >= 15 is 0 Å². The fourth-order valence-corrected chi connectivity index (χ4v) is 1.90. The fraction of sp³-hybridized carbons (Fsp3) is 0.917. The number of carbonyl (C=O) groups is 1. The quantitative estimate of drug-likeness (QED) is 0.748. The van der Waals surface area contributed by atoms with E-state index in [0.29, 0.717) is 13.2 Å². The summed E-state index contributed by atoms with van der Waals surface area (Å²) in [4.78, 5) is 13.9. The minimum Gasteiger partial charge on any atom is -0.375 e. The highest BCUT2D eigenvalue weighted by molar-refractivity contribution is 5.74. The lowest BCUT2D eigenvalue weighted by Crippen LogP contribution is -2.54. The van der Waals surface area contributed by atoms with Crippen molar-refractivity contribution in [1.29, 1.82) is 0 Å². The van der Waals surface area contributed by atoms with Crippen LogP contribution in [0.2, 0.25) is 0 Å². The second kappa shape index (κ2) is 6.74. The summed E-state index contributed by atoms with van der Waals surface area (Å²) in [6, 6.07) is 0.299. The molecule has 0 spiro atoms. The molecule has 4 nitrogen and oxygen atoms in total. The van der Waals surface area contributed by atoms with Gasteiger partial charge in [-0.3, -0.25) is 0 Å². The minimum atomic E-state index is 0.0652. The van der Waals surface area contributed by atoms with Crippen LogP contribution in [0, 0.1) is 0 Å². The van der Waals surface area contributed by atoms with E-state index in [0.717, 1.165) is 25.8 Å². The SMILES string of the molecule is CCCCNC(=O)N1CC(C)OCC1CC. The van der Waals surface area contributed by atoms with Crippen LogP contribution >= 0.6 is 0 Å². The number of ether oxygens (including phenoxy) is 1. The first-order chi connectivity index (χ1) is 7.69. The number of rotatable bonds is 4. The van der Waals surface area contributed by atoms with E-state index in [-0.39, 0.29) is 18.2 Å². The van der Waals surface area contributed by atoms with Crippen LogP contribution in [0.5, 0.6) is 0 Å². The van der Waals surface area contributed by atoms with Crippen LogP contribution in [0.25, 0.3) is 0 Å². The summed E-state index contributed by atoms with van der Waals surface area (Å²) in [5.41, 5.74) is 0. The molecule has 2 unspecified atom stereocenters. The number of hydrogen-bond acceptors (Lipinski definition) is 2. The Morgan fingerprint density at radius 1 is 1.50 bits per heavy atom. The zero-order valence-electron chi connectivity index (χ0n) is 10.7. The number of hydrogen-bond donors (Lipinski definition) is 1. The standard InChI is InChI=1S/C12H24N2O2/c1-4-6-7-13-12(15)14-8-10(3)16-9-11(14)5-2/h10-11H,4-9H2,1-3H3,(H,13,15). The molecule has 0 aromatic rings. The average Bonchev–Trinajstić information content (AvgIpc) is 2.29. The number of amides is 2. The van der Waals surface area contributed by atoms with Gasteiger partial charge in [-0.25, -0.2) is 4.79 Å². The first kappa shape index (κ1) is 13.3. The summed E-state index contributed by atoms with van der Waals surface area (Å²) < 4.78 is 5.57. The van der Waals surface area contributed by atoms with Crippen molar-refractivity contribution < 1.29 is 9.53 Å². The lowest BCUT2D eigenvalue weighted by Gasteiger charge is -2.38. The third-order valence-electron chi connectivity index (χ3n) is 3.01. The molecule has 0 bridgehead atoms. The van der Waals surface area contributed by atoms with E-state index in [4.69, 9.17) is 4.74 Å². The Morgan fingerprint density at radius 2 is 2.25 bits per heavy atom. The third-order valence-corrected chi connectivity index (χ3v) is 3.01. The van der Waals surface area contributed by atoms with Gasteiger partial charge in [0.05, 0.1) is 18.8 Å². The van der Waals surface area contributed by atoms with Gasteiger partial charge in [0.2, 0.25) is 0 Å². The van der Waals surface area contributed by atoms with Gasteiger partial charge in [0, 0.05) is 13.1 Å². The molecule has 1 fully saturated rings. The van der Waals surface area contributed by atoms with Crippen LogP contribution in [0.1, 0.15) is 40.0 Å². The van der Waals surface area contributed by atoms with Crippen molar-refractivity contribution in [2.45, 2.75) is 52.2 Å². The zero-order chi connectivity index (χ0) is 12.0. The Labute approximate surface area is 98.3 Å². The number of urea groups is 1. The predicted octanol–water partition coefficient (Wildman–Crippen LogP) is 2.00. The van der Waals surface area contributed by atoms with Crippen molar-refractivity contribution in [3.63, 3.8) is 0 Å². The van der Waals surface area contributed by atoms with Crippen LogP contribution in [-0.2, 0) is 4.74 Å². The smallest absolute Gasteiger partial charge is 0.317 e. The summed E-state index contributed by atoms with van der Waals surface area (Å²) in [5.74, 6) is 0. The van der Waals surface area contributed by atoms with E-state index in [1.54, 1.807) is 0 Å². The lowest BCUT2D eigenvalue weighted by molar-refractivity contribution is -0.0378. The molecule has 2 amide bonds. The molecular formula is C12H24N2O2. The van der Waals surface area contributed by atoms with E-state index in [2.05, 4.69) is 19.2 Å². The Hall–Kier alpha value is -0.770. The van der Waals surface area contributed by atoms with Crippen molar-refractivity contribution in [3.8, 4) is 0 Å². The molecule has 0 radical (unpaired) electrons. The second-order valence-corrected chi connectivity index (χ2v) is 4.44. The molecule has 1 aliphatic heterocycles. The number of morpholine rings is 1. The van der Waals surface area contributed by atoms with Gasteiger partial charge >= 0.3 is 6.03 Å². The van der Waals surface area contributed by atoms with Crippen LogP contribution in [-0.4, -0.2) is 42.8 Å². The second-order valence-electron chi connectivity index (χ2n) is 4.44. The molecular weight excluding hydrogens is 204 g/mol. The lowest BCUT2D eigenvalue weighted by atomic mass is 10.1. The fourth-order valence-electron chi connectivity index (χ4n) is 1.90. The van der Waals surface area contributed by atoms with Gasteiger partial charge in [-0.15, -0.1) is 0 Å². The average molecular weight is 228 g/mol. The van der Waals surface area contributed by atoms with Crippen molar-refractivity contribution >= 4 is 6.03 Å². The Kier molecular flexibility index (Phi) is 5.60. The van der Waals surface area contributed by atoms with Crippen molar-refractivity contribution in [2.75, 3.05) is 19.7 Å². The van der Waals surface area contributed by atoms with E-state index in [9.17, 15) is 4.79 Å². The van der Waals surface area contributed by atoms with Gasteiger partial charge < -0.3 is 15.0 Å². The van der Waals surface area contributed by atoms with E-state index < -0.39 is 0 Å². The molecule has 1 heterocycles. The molecule has 0 aliphatic carbocycles. The molecule has 0 aromatic heterocycles. The Morgan fingerprint density at radius 3 is 2.88 bits per heavy atom. The maximum absolute atomic E-state index is 11.9. The topological polar surface area (TPSA) is 41.6 Å². The maximum Gasteiger partial charge on any atom is 0.317 e. The summed E-state index contributed by atoms with van der Waals surface area (Å²) >= 11 is 0. The molecule has 2 atom stereocenters. The molecule has 16 heavy (non-hydrogen) atoms. The highest BCUT2D eigenvalue weighted by Gasteiger charge is 2.28. The highest BCUT2D eigenvalue weighted by atomic mass is 16.5. The van der Waals surface area contributed by atoms with E-state index in [1.165, 1.54) is 0 Å². The van der Waals surface area contributed by atoms with Gasteiger partial charge in [0.15, 0.2) is 0 Å². The Bertz CT molecular complexity index is 221. The van der Waals surface area contributed by atoms with Crippen LogP contribution in [0.15, 0.2) is 0 Å². The molecule has 0 aromatic carbocycles. The van der Waals surface area contributed by atoms with Crippen molar-refractivity contribution in [1.82, 2.24) is 10.2 Å². The van der Waals surface area contributed by atoms with Gasteiger partial charge in [-0.2, -0.15) is 0 Å². The summed E-state index contributed by atoms with van der Waals surface area (Å²) in [6.07, 6.45) is 3.26. The van der Waals surface area contributed by atoms with Crippen LogP contribution in [0.3, 0.4) is 0 Å². The first-order valence-corrected chi connectivity index (χ1v) is 6.35. The molecule has 1 rings (SSSR count). The number of nitrogens with zero attached hydrogens (tertiary/aromatic N) is 1. The number of unbranched alkanes of at least 4 members (excludes halogenated alkanes) is 1. The van der Waals surface area contributed by atoms with Crippen LogP contribution in [0.4, 0.5) is 4.79 Å². The zero-order valence-corrected chi connectivity index (χ0v) is 10.7. The molecule has 94 valence electrons. The monoisotopic (exact) mass is 228 g/mol. The minimum absolute atomic E-state index is 0.0652. The number of nitrogens with one attached hydrogen (secondary N) is 1. The highest BCUT2D eigenvalue weighted by Crippen LogP contribution is 2.14. The molecule has 0 saturated carbocycles. The van der Waals surface area contributed by atoms with Gasteiger partial charge in [-0.1, -0.05) is 20.3 Å². The summed E-state index contributed by atoms with van der Waals surface area (Å²) in [6.45, 7) is 8.37. The predicted molar refractivity (Wildman–Crippen MR) is 64.5 cm³/mol. The van der Waals surface area contributed by atoms with Crippen LogP contribution < -0.4 is 5.32 Å². The molecule has 1 aliphatic rings. The summed E-state index contributed by atoms with van der Waals surface area (Å²) in [7, 11) is 0. The van der Waals surface area contributed by atoms with E-state index in [1.807, 2.05) is 11.8 Å². The molecule has 4 heteroatoms. The van der Waals surface area contributed by atoms with Gasteiger partial charge in [0.25, 0.3) is 0 Å². The van der Waals surface area contributed by atoms with Crippen molar-refractivity contribution in [2.24, 2.45) is 0 Å². The maximum atomic E-state index is 11.9. The summed E-state index contributed by atoms with van der Waals surface area (Å²) in [5, 5.41) is 2.97. The Balaban J connectivity index is 2.43. The normalized spacial score (nSPS) is 25.6. The van der Waals surface area contributed by atoms with Gasteiger partial charge in [-0.05, 0) is 19.8 Å². The first-order valence-electron chi connectivity index (χ1n) is 6.35. The van der Waals surface area contributed by atoms with Gasteiger partial charge in [0.1, 0.15) is 0 Å². The number of carbonyl (C=O) groups excluding carboxylic acids is 1. The van der Waals surface area contributed by atoms with Crippen molar-refractivity contribution in [3.05, 3.63) is 0 Å². The molecule has 1 saturated heterocycles.